The van der Waals surface area contributed by atoms with Crippen molar-refractivity contribution >= 4 is 26.6 Å². The highest BCUT2D eigenvalue weighted by molar-refractivity contribution is 7.89. The Kier molecular flexibility index (Phi) is 4.49. The van der Waals surface area contributed by atoms with Crippen LogP contribution in [0.25, 0.3) is 28.0 Å². The number of pyridine rings is 2. The summed E-state index contributed by atoms with van der Waals surface area (Å²) in [6.45, 7) is 3.52. The van der Waals surface area contributed by atoms with Crippen LogP contribution in [0.4, 0.5) is 0 Å². The lowest BCUT2D eigenvalue weighted by Crippen LogP contribution is -2.24. The van der Waals surface area contributed by atoms with Crippen LogP contribution in [0.3, 0.4) is 0 Å². The van der Waals surface area contributed by atoms with E-state index in [2.05, 4.69) is 30.0 Å². The molecule has 5 rings (SSSR count). The first-order valence-electron chi connectivity index (χ1n) is 9.41. The van der Waals surface area contributed by atoms with Crippen LogP contribution in [0, 0.1) is 13.8 Å². The van der Waals surface area contributed by atoms with Crippen LogP contribution in [-0.2, 0) is 16.6 Å². The molecule has 4 heterocycles. The van der Waals surface area contributed by atoms with Crippen molar-refractivity contribution < 1.29 is 12.9 Å². The molecule has 0 aliphatic rings. The van der Waals surface area contributed by atoms with Crippen LogP contribution in [0.15, 0.2) is 58.1 Å². The molecular formula is C20H17N7O3S. The number of fused-ring (bicyclic) bond motifs is 2. The number of hydrogen-bond donors (Lipinski definition) is 1. The van der Waals surface area contributed by atoms with Gasteiger partial charge in [0.25, 0.3) is 5.89 Å². The Balaban J connectivity index is 1.44. The monoisotopic (exact) mass is 435 g/mol. The normalized spacial score (nSPS) is 12.1. The molecule has 0 fully saturated rings. The summed E-state index contributed by atoms with van der Waals surface area (Å²) in [4.78, 5) is 8.72. The molecule has 0 unspecified atom stereocenters. The predicted octanol–water partition coefficient (Wildman–Crippen LogP) is 2.42. The Morgan fingerprint density at radius 2 is 1.94 bits per heavy atom. The van der Waals surface area contributed by atoms with E-state index < -0.39 is 10.0 Å². The maximum Gasteiger partial charge on any atom is 0.258 e. The molecule has 1 aromatic carbocycles. The Hall–Kier alpha value is -3.70. The van der Waals surface area contributed by atoms with E-state index in [1.165, 1.54) is 6.07 Å². The van der Waals surface area contributed by atoms with Crippen molar-refractivity contribution in [2.24, 2.45) is 0 Å². The summed E-state index contributed by atoms with van der Waals surface area (Å²) >= 11 is 0. The third-order valence-corrected chi connectivity index (χ3v) is 6.22. The molecule has 0 amide bonds. The summed E-state index contributed by atoms with van der Waals surface area (Å²) in [5.74, 6) is 1.35. The number of para-hydroxylation sites is 1. The SMILES string of the molecule is Cc1ccc2cccc(S(=O)(=O)NCc3nnc4cc(-c5nc(C)no5)ccn34)c2n1. The Morgan fingerprint density at radius 1 is 1.06 bits per heavy atom. The van der Waals surface area contributed by atoms with Crippen molar-refractivity contribution in [3.8, 4) is 11.5 Å². The zero-order valence-electron chi connectivity index (χ0n) is 16.6. The molecule has 0 spiro atoms. The van der Waals surface area contributed by atoms with Crippen LogP contribution in [0.5, 0.6) is 0 Å². The molecule has 0 aliphatic heterocycles. The van der Waals surface area contributed by atoms with Crippen LogP contribution in [0.1, 0.15) is 17.3 Å². The maximum absolute atomic E-state index is 13.0. The first kappa shape index (κ1) is 19.3. The Labute approximate surface area is 177 Å². The van der Waals surface area contributed by atoms with Crippen molar-refractivity contribution in [3.63, 3.8) is 0 Å². The first-order valence-corrected chi connectivity index (χ1v) is 10.9. The molecule has 11 heteroatoms. The van der Waals surface area contributed by atoms with Gasteiger partial charge in [-0.25, -0.2) is 13.1 Å². The number of rotatable bonds is 5. The quantitative estimate of drug-likeness (QED) is 0.446. The zero-order chi connectivity index (χ0) is 21.6. The van der Waals surface area contributed by atoms with E-state index in [1.54, 1.807) is 35.7 Å². The molecule has 10 nitrogen and oxygen atoms in total. The molecule has 156 valence electrons. The van der Waals surface area contributed by atoms with Crippen LogP contribution < -0.4 is 4.72 Å². The number of aromatic nitrogens is 6. The van der Waals surface area contributed by atoms with Crippen molar-refractivity contribution in [2.45, 2.75) is 25.3 Å². The van der Waals surface area contributed by atoms with Gasteiger partial charge in [-0.05, 0) is 38.1 Å². The highest BCUT2D eigenvalue weighted by Gasteiger charge is 2.20. The van der Waals surface area contributed by atoms with Crippen molar-refractivity contribution in [3.05, 3.63) is 66.0 Å². The number of nitrogens with zero attached hydrogens (tertiary/aromatic N) is 6. The summed E-state index contributed by atoms with van der Waals surface area (Å²) in [5, 5.41) is 12.8. The summed E-state index contributed by atoms with van der Waals surface area (Å²) in [5.41, 5.74) is 2.40. The largest absolute Gasteiger partial charge is 0.334 e. The van der Waals surface area contributed by atoms with Gasteiger partial charge in [-0.3, -0.25) is 9.38 Å². The Bertz CT molecular complexity index is 1540. The van der Waals surface area contributed by atoms with E-state index in [9.17, 15) is 8.42 Å². The zero-order valence-corrected chi connectivity index (χ0v) is 17.5. The fourth-order valence-electron chi connectivity index (χ4n) is 3.28. The van der Waals surface area contributed by atoms with E-state index in [0.29, 0.717) is 34.3 Å². The van der Waals surface area contributed by atoms with E-state index in [0.717, 1.165) is 11.1 Å². The first-order chi connectivity index (χ1) is 14.9. The average Bonchev–Trinajstić information content (AvgIpc) is 3.37. The van der Waals surface area contributed by atoms with Gasteiger partial charge < -0.3 is 4.52 Å². The van der Waals surface area contributed by atoms with Gasteiger partial charge in [-0.1, -0.05) is 23.4 Å². The minimum atomic E-state index is -3.82. The second-order valence-corrected chi connectivity index (χ2v) is 8.75. The van der Waals surface area contributed by atoms with Gasteiger partial charge in [0.1, 0.15) is 4.90 Å². The van der Waals surface area contributed by atoms with Gasteiger partial charge in [-0.15, -0.1) is 10.2 Å². The van der Waals surface area contributed by atoms with Gasteiger partial charge in [0.2, 0.25) is 10.0 Å². The minimum Gasteiger partial charge on any atom is -0.334 e. The smallest absolute Gasteiger partial charge is 0.258 e. The lowest BCUT2D eigenvalue weighted by atomic mass is 10.2. The van der Waals surface area contributed by atoms with Crippen molar-refractivity contribution in [2.75, 3.05) is 0 Å². The van der Waals surface area contributed by atoms with Crippen molar-refractivity contribution in [1.29, 1.82) is 0 Å². The number of hydrogen-bond acceptors (Lipinski definition) is 8. The molecule has 0 atom stereocenters. The second kappa shape index (κ2) is 7.22. The van der Waals surface area contributed by atoms with E-state index in [-0.39, 0.29) is 11.4 Å². The molecule has 0 saturated heterocycles. The maximum atomic E-state index is 13.0. The summed E-state index contributed by atoms with van der Waals surface area (Å²) in [7, 11) is -3.82. The third-order valence-electron chi connectivity index (χ3n) is 4.79. The lowest BCUT2D eigenvalue weighted by Gasteiger charge is -2.09. The molecular weight excluding hydrogens is 418 g/mol. The van der Waals surface area contributed by atoms with Crippen LogP contribution in [0.2, 0.25) is 0 Å². The van der Waals surface area contributed by atoms with E-state index in [1.807, 2.05) is 25.1 Å². The summed E-state index contributed by atoms with van der Waals surface area (Å²) in [6, 6.07) is 12.3. The van der Waals surface area contributed by atoms with Crippen LogP contribution in [-0.4, -0.2) is 38.1 Å². The molecule has 5 aromatic rings. The number of sulfonamides is 1. The third kappa shape index (κ3) is 3.53. The lowest BCUT2D eigenvalue weighted by molar-refractivity contribution is 0.425. The molecule has 31 heavy (non-hydrogen) atoms. The van der Waals surface area contributed by atoms with Gasteiger partial charge in [0, 0.05) is 22.8 Å². The van der Waals surface area contributed by atoms with Crippen LogP contribution >= 0.6 is 0 Å². The van der Waals surface area contributed by atoms with E-state index in [4.69, 9.17) is 4.52 Å². The number of benzene rings is 1. The average molecular weight is 435 g/mol. The molecule has 0 radical (unpaired) electrons. The van der Waals surface area contributed by atoms with Crippen molar-refractivity contribution in [1.82, 2.24) is 34.4 Å². The summed E-state index contributed by atoms with van der Waals surface area (Å²) < 4.78 is 35.5. The van der Waals surface area contributed by atoms with E-state index >= 15 is 0 Å². The van der Waals surface area contributed by atoms with Gasteiger partial charge in [0.15, 0.2) is 17.3 Å². The molecule has 1 N–H and O–H groups in total. The topological polar surface area (TPSA) is 128 Å². The minimum absolute atomic E-state index is 0.0370. The number of nitrogens with one attached hydrogen (secondary N) is 1. The number of aryl methyl sites for hydroxylation is 2. The standard InChI is InChI=1S/C20H17N7O3S/c1-12-6-7-14-4-3-5-16(19(14)22-12)31(28,29)21-11-18-25-24-17-10-15(8-9-27(17)18)20-23-13(2)26-30-20/h3-10,21H,11H2,1-2H3. The Morgan fingerprint density at radius 3 is 2.74 bits per heavy atom. The fourth-order valence-corrected chi connectivity index (χ4v) is 4.43. The molecule has 0 aliphatic carbocycles. The predicted molar refractivity (Wildman–Crippen MR) is 112 cm³/mol. The van der Waals surface area contributed by atoms with Gasteiger partial charge >= 0.3 is 0 Å². The second-order valence-electron chi connectivity index (χ2n) is 7.01. The molecule has 0 saturated carbocycles. The van der Waals surface area contributed by atoms with Gasteiger partial charge in [-0.2, -0.15) is 4.98 Å². The highest BCUT2D eigenvalue weighted by Crippen LogP contribution is 2.22. The molecule has 4 aromatic heterocycles. The summed E-state index contributed by atoms with van der Waals surface area (Å²) in [6.07, 6.45) is 1.73. The fraction of sp³-hybridized carbons (Fsp3) is 0.150. The van der Waals surface area contributed by atoms with Gasteiger partial charge in [0.05, 0.1) is 12.1 Å². The highest BCUT2D eigenvalue weighted by atomic mass is 32.2. The molecule has 0 bridgehead atoms.